The summed E-state index contributed by atoms with van der Waals surface area (Å²) in [5.74, 6) is 0. The van der Waals surface area contributed by atoms with Crippen molar-refractivity contribution in [3.63, 3.8) is 0 Å². The van der Waals surface area contributed by atoms with Crippen LogP contribution in [0.15, 0.2) is 48.5 Å². The second kappa shape index (κ2) is 7.89. The fourth-order valence-electron chi connectivity index (χ4n) is 3.86. The van der Waals surface area contributed by atoms with Crippen LogP contribution in [0.1, 0.15) is 28.8 Å². The maximum atomic E-state index is 12.9. The van der Waals surface area contributed by atoms with Gasteiger partial charge >= 0.3 is 6.03 Å². The summed E-state index contributed by atoms with van der Waals surface area (Å²) >= 11 is 5.97. The van der Waals surface area contributed by atoms with E-state index in [1.807, 2.05) is 35.2 Å². The molecular weight excluding hydrogens is 362 g/mol. The maximum Gasteiger partial charge on any atom is 0.318 e. The van der Waals surface area contributed by atoms with Gasteiger partial charge in [-0.25, -0.2) is 4.79 Å². The first-order valence-corrected chi connectivity index (χ1v) is 9.67. The number of likely N-dealkylation sites (N-methyl/N-ethyl adjacent to an activating group) is 1. The van der Waals surface area contributed by atoms with Crippen LogP contribution in [-0.2, 0) is 11.3 Å². The first-order chi connectivity index (χ1) is 13.1. The average Bonchev–Trinajstić information content (AvgIpc) is 2.68. The summed E-state index contributed by atoms with van der Waals surface area (Å²) < 4.78 is 5.87. The number of nitrogens with one attached hydrogen (secondary N) is 1. The van der Waals surface area contributed by atoms with E-state index in [4.69, 9.17) is 16.3 Å². The molecule has 2 aromatic carbocycles. The molecule has 5 nitrogen and oxygen atoms in total. The molecule has 1 fully saturated rings. The largest absolute Gasteiger partial charge is 0.370 e. The van der Waals surface area contributed by atoms with Crippen molar-refractivity contribution in [1.29, 1.82) is 0 Å². The number of carbonyl (C=O) groups is 1. The summed E-state index contributed by atoms with van der Waals surface area (Å²) in [6.45, 7) is 3.39. The number of morpholine rings is 1. The molecule has 4 rings (SSSR count). The van der Waals surface area contributed by atoms with Gasteiger partial charge in [-0.2, -0.15) is 0 Å². The van der Waals surface area contributed by atoms with E-state index in [9.17, 15) is 4.79 Å². The third-order valence-electron chi connectivity index (χ3n) is 5.26. The molecule has 0 radical (unpaired) electrons. The van der Waals surface area contributed by atoms with Gasteiger partial charge in [-0.1, -0.05) is 48.0 Å². The van der Waals surface area contributed by atoms with Gasteiger partial charge in [0.25, 0.3) is 0 Å². The highest BCUT2D eigenvalue weighted by molar-refractivity contribution is 6.30. The molecular formula is C21H24ClN3O2. The predicted molar refractivity (Wildman–Crippen MR) is 106 cm³/mol. The maximum absolute atomic E-state index is 12.9. The van der Waals surface area contributed by atoms with Crippen molar-refractivity contribution < 1.29 is 9.53 Å². The minimum atomic E-state index is -0.122. The minimum Gasteiger partial charge on any atom is -0.370 e. The number of halogens is 1. The predicted octanol–water partition coefficient (Wildman–Crippen LogP) is 3.61. The highest BCUT2D eigenvalue weighted by Gasteiger charge is 2.29. The molecule has 6 heteroatoms. The van der Waals surface area contributed by atoms with Crippen molar-refractivity contribution in [3.05, 3.63) is 70.2 Å². The molecule has 1 saturated heterocycles. The summed E-state index contributed by atoms with van der Waals surface area (Å²) in [5.41, 5.74) is 3.53. The molecule has 1 unspecified atom stereocenters. The fraction of sp³-hybridized carbons (Fsp3) is 0.381. The van der Waals surface area contributed by atoms with Gasteiger partial charge < -0.3 is 15.0 Å². The van der Waals surface area contributed by atoms with Crippen LogP contribution in [-0.4, -0.2) is 49.1 Å². The normalized spacial score (nSPS) is 23.0. The zero-order valence-electron chi connectivity index (χ0n) is 15.4. The van der Waals surface area contributed by atoms with Crippen LogP contribution in [0.5, 0.6) is 0 Å². The summed E-state index contributed by atoms with van der Waals surface area (Å²) in [5, 5.41) is 3.92. The monoisotopic (exact) mass is 385 g/mol. The highest BCUT2D eigenvalue weighted by atomic mass is 35.5. The van der Waals surface area contributed by atoms with Crippen molar-refractivity contribution in [2.45, 2.75) is 18.7 Å². The first-order valence-electron chi connectivity index (χ1n) is 9.29. The third-order valence-corrected chi connectivity index (χ3v) is 5.51. The van der Waals surface area contributed by atoms with Crippen molar-refractivity contribution in [3.8, 4) is 0 Å². The van der Waals surface area contributed by atoms with E-state index < -0.39 is 0 Å². The molecule has 142 valence electrons. The molecule has 0 aliphatic carbocycles. The average molecular weight is 386 g/mol. The molecule has 0 aromatic heterocycles. The number of carbonyl (C=O) groups excluding carboxylic acids is 1. The Morgan fingerprint density at radius 1 is 1.15 bits per heavy atom. The second-order valence-corrected chi connectivity index (χ2v) is 7.69. The highest BCUT2D eigenvalue weighted by Crippen LogP contribution is 2.27. The number of fused-ring (bicyclic) bond motifs is 1. The van der Waals surface area contributed by atoms with Crippen LogP contribution in [0.3, 0.4) is 0 Å². The molecule has 2 aliphatic rings. The van der Waals surface area contributed by atoms with Gasteiger partial charge in [-0.3, -0.25) is 4.90 Å². The van der Waals surface area contributed by atoms with Crippen molar-refractivity contribution in [1.82, 2.24) is 15.1 Å². The van der Waals surface area contributed by atoms with E-state index in [1.165, 1.54) is 11.1 Å². The number of amides is 2. The van der Waals surface area contributed by atoms with Gasteiger partial charge in [-0.15, -0.1) is 0 Å². The van der Waals surface area contributed by atoms with Crippen molar-refractivity contribution >= 4 is 17.6 Å². The SMILES string of the molecule is CN1Cc2ccccc2C(NC(=O)N2CCO[C@@H](c3ccc(Cl)cc3)C2)C1. The number of hydrogen-bond donors (Lipinski definition) is 1. The lowest BCUT2D eigenvalue weighted by molar-refractivity contribution is -0.0159. The van der Waals surface area contributed by atoms with Gasteiger partial charge in [0.2, 0.25) is 0 Å². The molecule has 2 heterocycles. The molecule has 2 aromatic rings. The lowest BCUT2D eigenvalue weighted by Gasteiger charge is -2.37. The van der Waals surface area contributed by atoms with Gasteiger partial charge in [0.05, 0.1) is 19.2 Å². The molecule has 1 N–H and O–H groups in total. The Bertz CT molecular complexity index is 811. The van der Waals surface area contributed by atoms with Crippen LogP contribution in [0.25, 0.3) is 0 Å². The summed E-state index contributed by atoms with van der Waals surface area (Å²) in [6.07, 6.45) is -0.122. The quantitative estimate of drug-likeness (QED) is 0.858. The third kappa shape index (κ3) is 4.10. The standard InChI is InChI=1S/C21H24ClN3O2/c1-24-12-16-4-2-3-5-18(16)19(13-24)23-21(26)25-10-11-27-20(14-25)15-6-8-17(22)9-7-15/h2-9,19-20H,10-14H2,1H3,(H,23,26)/t19?,20-/m1/s1. The summed E-state index contributed by atoms with van der Waals surface area (Å²) in [4.78, 5) is 17.0. The molecule has 2 amide bonds. The van der Waals surface area contributed by atoms with E-state index in [-0.39, 0.29) is 18.2 Å². The van der Waals surface area contributed by atoms with Crippen LogP contribution in [0.4, 0.5) is 4.79 Å². The number of urea groups is 1. The van der Waals surface area contributed by atoms with Crippen molar-refractivity contribution in [2.24, 2.45) is 0 Å². The number of ether oxygens (including phenoxy) is 1. The van der Waals surface area contributed by atoms with E-state index in [2.05, 4.69) is 35.5 Å². The van der Waals surface area contributed by atoms with Gasteiger partial charge in [0.1, 0.15) is 6.10 Å². The molecule has 2 atom stereocenters. The Labute approximate surface area is 164 Å². The Morgan fingerprint density at radius 2 is 1.93 bits per heavy atom. The first kappa shape index (κ1) is 18.3. The molecule has 0 spiro atoms. The Hall–Kier alpha value is -2.08. The minimum absolute atomic E-state index is 0.00396. The number of rotatable bonds is 2. The zero-order chi connectivity index (χ0) is 18.8. The zero-order valence-corrected chi connectivity index (χ0v) is 16.2. The van der Waals surface area contributed by atoms with Gasteiger partial charge in [0, 0.05) is 24.7 Å². The summed E-state index contributed by atoms with van der Waals surface area (Å²) in [6, 6.07) is 15.9. The number of hydrogen-bond acceptors (Lipinski definition) is 3. The van der Waals surface area contributed by atoms with Crippen LogP contribution >= 0.6 is 11.6 Å². The van der Waals surface area contributed by atoms with Crippen LogP contribution in [0, 0.1) is 0 Å². The topological polar surface area (TPSA) is 44.8 Å². The van der Waals surface area contributed by atoms with Crippen LogP contribution < -0.4 is 5.32 Å². The molecule has 27 heavy (non-hydrogen) atoms. The lowest BCUT2D eigenvalue weighted by atomic mass is 9.96. The number of nitrogens with zero attached hydrogens (tertiary/aromatic N) is 2. The molecule has 0 bridgehead atoms. The summed E-state index contributed by atoms with van der Waals surface area (Å²) in [7, 11) is 2.08. The Morgan fingerprint density at radius 3 is 2.74 bits per heavy atom. The number of benzene rings is 2. The lowest BCUT2D eigenvalue weighted by Crippen LogP contribution is -2.50. The van der Waals surface area contributed by atoms with Crippen LogP contribution in [0.2, 0.25) is 5.02 Å². The molecule has 0 saturated carbocycles. The van der Waals surface area contributed by atoms with E-state index in [1.54, 1.807) is 0 Å². The van der Waals surface area contributed by atoms with E-state index in [0.29, 0.717) is 24.7 Å². The van der Waals surface area contributed by atoms with E-state index in [0.717, 1.165) is 18.7 Å². The molecule has 2 aliphatic heterocycles. The fourth-order valence-corrected chi connectivity index (χ4v) is 3.99. The van der Waals surface area contributed by atoms with E-state index >= 15 is 0 Å². The smallest absolute Gasteiger partial charge is 0.318 e. The Kier molecular flexibility index (Phi) is 5.34. The van der Waals surface area contributed by atoms with Gasteiger partial charge in [-0.05, 0) is 35.9 Å². The van der Waals surface area contributed by atoms with Gasteiger partial charge in [0.15, 0.2) is 0 Å². The van der Waals surface area contributed by atoms with Crippen molar-refractivity contribution in [2.75, 3.05) is 33.3 Å². The Balaban J connectivity index is 1.44. The second-order valence-electron chi connectivity index (χ2n) is 7.25.